The van der Waals surface area contributed by atoms with Crippen molar-refractivity contribution in [3.8, 4) is 0 Å². The average Bonchev–Trinajstić information content (AvgIpc) is 3.23. The molecule has 0 unspecified atom stereocenters. The summed E-state index contributed by atoms with van der Waals surface area (Å²) < 4.78 is 0. The highest BCUT2D eigenvalue weighted by Crippen LogP contribution is 2.17. The van der Waals surface area contributed by atoms with E-state index in [2.05, 4.69) is 16.0 Å². The molecule has 1 aliphatic heterocycles. The first-order valence-electron chi connectivity index (χ1n) is 10.8. The maximum atomic E-state index is 12.8. The topological polar surface area (TPSA) is 228 Å². The number of likely N-dealkylation sites (tertiary alicyclic amines) is 1. The Kier molecular flexibility index (Phi) is 10.9. The maximum Gasteiger partial charge on any atom is 0.326 e. The average molecular weight is 488 g/mol. The van der Waals surface area contributed by atoms with E-state index in [0.29, 0.717) is 19.4 Å². The van der Waals surface area contributed by atoms with Crippen molar-refractivity contribution in [1.82, 2.24) is 20.9 Å². The number of carbonyl (C=O) groups excluding carboxylic acids is 4. The Bertz CT molecular complexity index is 801. The van der Waals surface area contributed by atoms with Crippen LogP contribution in [-0.4, -0.2) is 99.1 Å². The number of nitrogens with one attached hydrogen (secondary N) is 3. The number of aliphatic hydroxyl groups is 1. The molecular weight excluding hydrogens is 454 g/mol. The predicted molar refractivity (Wildman–Crippen MR) is 116 cm³/mol. The third-order valence-corrected chi connectivity index (χ3v) is 5.35. The lowest BCUT2D eigenvalue weighted by molar-refractivity contribution is -0.147. The number of rotatable bonds is 12. The largest absolute Gasteiger partial charge is 0.481 e. The van der Waals surface area contributed by atoms with Gasteiger partial charge in [-0.15, -0.1) is 0 Å². The third kappa shape index (κ3) is 7.95. The molecule has 14 heteroatoms. The van der Waals surface area contributed by atoms with Gasteiger partial charge in [-0.1, -0.05) is 13.8 Å². The predicted octanol–water partition coefficient (Wildman–Crippen LogP) is -3.01. The minimum Gasteiger partial charge on any atom is -0.481 e. The van der Waals surface area contributed by atoms with Gasteiger partial charge in [0, 0.05) is 6.54 Å². The molecule has 0 saturated carbocycles. The van der Waals surface area contributed by atoms with Gasteiger partial charge in [-0.05, 0) is 25.7 Å². The van der Waals surface area contributed by atoms with Gasteiger partial charge in [-0.2, -0.15) is 0 Å². The molecule has 0 bridgehead atoms. The summed E-state index contributed by atoms with van der Waals surface area (Å²) in [6, 6.07) is -5.35. The van der Waals surface area contributed by atoms with E-state index in [1.165, 1.54) is 11.8 Å². The fourth-order valence-corrected chi connectivity index (χ4v) is 3.52. The normalized spacial score (nSPS) is 19.0. The molecule has 0 aromatic rings. The van der Waals surface area contributed by atoms with E-state index < -0.39 is 78.2 Å². The molecule has 0 aromatic heterocycles. The Morgan fingerprint density at radius 3 is 2.03 bits per heavy atom. The van der Waals surface area contributed by atoms with Crippen LogP contribution in [0.1, 0.15) is 40.0 Å². The van der Waals surface area contributed by atoms with Crippen molar-refractivity contribution in [2.24, 2.45) is 11.7 Å². The number of aliphatic hydroxyl groups excluding tert-OH is 1. The van der Waals surface area contributed by atoms with E-state index in [0.717, 1.165) is 0 Å². The van der Waals surface area contributed by atoms with E-state index in [1.807, 2.05) is 0 Å². The summed E-state index contributed by atoms with van der Waals surface area (Å²) in [6.45, 7) is 4.41. The van der Waals surface area contributed by atoms with Gasteiger partial charge in [0.15, 0.2) is 0 Å². The van der Waals surface area contributed by atoms with Crippen molar-refractivity contribution in [3.05, 3.63) is 0 Å². The van der Waals surface area contributed by atoms with Gasteiger partial charge in [-0.25, -0.2) is 4.79 Å². The molecule has 4 amide bonds. The number of nitrogens with zero attached hydrogens (tertiary/aromatic N) is 1. The van der Waals surface area contributed by atoms with Crippen LogP contribution in [-0.2, 0) is 28.8 Å². The summed E-state index contributed by atoms with van der Waals surface area (Å²) in [4.78, 5) is 73.5. The number of carbonyl (C=O) groups is 6. The summed E-state index contributed by atoms with van der Waals surface area (Å²) in [5.74, 6) is -6.52. The second-order valence-corrected chi connectivity index (χ2v) is 8.40. The van der Waals surface area contributed by atoms with Gasteiger partial charge >= 0.3 is 11.9 Å². The number of amides is 4. The quantitative estimate of drug-likeness (QED) is 0.147. The van der Waals surface area contributed by atoms with Crippen molar-refractivity contribution >= 4 is 35.6 Å². The lowest BCUT2D eigenvalue weighted by Crippen LogP contribution is -2.61. The molecule has 1 rings (SSSR count). The number of hydrogen-bond donors (Lipinski definition) is 7. The van der Waals surface area contributed by atoms with E-state index in [1.54, 1.807) is 13.8 Å². The molecule has 5 atom stereocenters. The molecule has 0 radical (unpaired) electrons. The molecule has 14 nitrogen and oxygen atoms in total. The minimum absolute atomic E-state index is 0.283. The Labute approximate surface area is 196 Å². The van der Waals surface area contributed by atoms with Gasteiger partial charge in [0.05, 0.1) is 19.1 Å². The lowest BCUT2D eigenvalue weighted by Gasteiger charge is -2.29. The fraction of sp³-hybridized carbons (Fsp3) is 0.700. The van der Waals surface area contributed by atoms with Crippen LogP contribution >= 0.6 is 0 Å². The first kappa shape index (κ1) is 28.8. The summed E-state index contributed by atoms with van der Waals surface area (Å²) >= 11 is 0. The highest BCUT2D eigenvalue weighted by Gasteiger charge is 2.38. The minimum atomic E-state index is -1.72. The van der Waals surface area contributed by atoms with Gasteiger partial charge < -0.3 is 41.9 Å². The summed E-state index contributed by atoms with van der Waals surface area (Å²) in [6.07, 6.45) is -1.33. The molecule has 0 spiro atoms. The van der Waals surface area contributed by atoms with Crippen LogP contribution in [0.3, 0.4) is 0 Å². The summed E-state index contributed by atoms with van der Waals surface area (Å²) in [5, 5.41) is 34.9. The van der Waals surface area contributed by atoms with E-state index in [9.17, 15) is 33.9 Å². The van der Waals surface area contributed by atoms with E-state index in [-0.39, 0.29) is 6.54 Å². The molecule has 8 N–H and O–H groups in total. The molecule has 1 heterocycles. The van der Waals surface area contributed by atoms with E-state index >= 15 is 0 Å². The molecule has 0 aromatic carbocycles. The van der Waals surface area contributed by atoms with Crippen LogP contribution in [0.2, 0.25) is 0 Å². The molecule has 1 fully saturated rings. The van der Waals surface area contributed by atoms with Crippen LogP contribution in [0.4, 0.5) is 0 Å². The molecule has 0 aliphatic carbocycles. The number of nitrogens with two attached hydrogens (primary N) is 1. The van der Waals surface area contributed by atoms with Crippen molar-refractivity contribution in [3.63, 3.8) is 0 Å². The van der Waals surface area contributed by atoms with Crippen LogP contribution in [0.15, 0.2) is 0 Å². The van der Waals surface area contributed by atoms with Crippen molar-refractivity contribution in [1.29, 1.82) is 0 Å². The van der Waals surface area contributed by atoms with Crippen LogP contribution in [0.25, 0.3) is 0 Å². The van der Waals surface area contributed by atoms with Crippen molar-refractivity contribution in [2.75, 3.05) is 13.1 Å². The van der Waals surface area contributed by atoms with Crippen LogP contribution < -0.4 is 21.7 Å². The maximum absolute atomic E-state index is 12.8. The molecule has 1 aliphatic rings. The highest BCUT2D eigenvalue weighted by molar-refractivity contribution is 5.96. The summed E-state index contributed by atoms with van der Waals surface area (Å²) in [7, 11) is 0. The Hall–Kier alpha value is -3.26. The lowest BCUT2D eigenvalue weighted by atomic mass is 10.0. The van der Waals surface area contributed by atoms with Gasteiger partial charge in [0.25, 0.3) is 0 Å². The monoisotopic (exact) mass is 487 g/mol. The molecular formula is C20H33N5O9. The Balaban J connectivity index is 2.95. The van der Waals surface area contributed by atoms with E-state index in [4.69, 9.17) is 15.9 Å². The van der Waals surface area contributed by atoms with Gasteiger partial charge in [-0.3, -0.25) is 24.0 Å². The van der Waals surface area contributed by atoms with Crippen LogP contribution in [0.5, 0.6) is 0 Å². The Morgan fingerprint density at radius 2 is 1.56 bits per heavy atom. The van der Waals surface area contributed by atoms with Crippen LogP contribution in [0, 0.1) is 5.92 Å². The number of aliphatic carboxylic acids is 2. The number of carboxylic acid groups (broad SMARTS) is 2. The summed E-state index contributed by atoms with van der Waals surface area (Å²) in [5.41, 5.74) is 5.37. The highest BCUT2D eigenvalue weighted by atomic mass is 16.4. The van der Waals surface area contributed by atoms with Crippen molar-refractivity contribution < 1.29 is 44.1 Å². The standard InChI is InChI=1S/C20H33N5O9/c1-9(2)15(18(31)22-11(20(33)34)7-14(28)29)23-19(32)16(10(3)26)24-17(30)12-5-4-6-25(12)13(27)8-21/h9-12,15-16,26H,4-8,21H2,1-3H3,(H,22,31)(H,23,32)(H,24,30)(H,28,29)(H,33,34)/t10-,11+,12+,15+,16+/m1/s1. The zero-order chi connectivity index (χ0) is 26.2. The zero-order valence-corrected chi connectivity index (χ0v) is 19.3. The second-order valence-electron chi connectivity index (χ2n) is 8.40. The first-order valence-corrected chi connectivity index (χ1v) is 10.8. The molecule has 1 saturated heterocycles. The SMILES string of the molecule is CC(C)[C@H](NC(=O)[C@@H](NC(=O)[C@@H]1CCCN1C(=O)CN)[C@@H](C)O)C(=O)N[C@@H](CC(=O)O)C(=O)O. The van der Waals surface area contributed by atoms with Gasteiger partial charge in [0.1, 0.15) is 24.2 Å². The van der Waals surface area contributed by atoms with Gasteiger partial charge in [0.2, 0.25) is 23.6 Å². The molecule has 192 valence electrons. The van der Waals surface area contributed by atoms with Crippen molar-refractivity contribution in [2.45, 2.75) is 70.3 Å². The number of hydrogen-bond acceptors (Lipinski definition) is 8. The number of carboxylic acids is 2. The Morgan fingerprint density at radius 1 is 0.971 bits per heavy atom. The third-order valence-electron chi connectivity index (χ3n) is 5.35. The smallest absolute Gasteiger partial charge is 0.326 e. The molecule has 34 heavy (non-hydrogen) atoms. The zero-order valence-electron chi connectivity index (χ0n) is 19.3. The first-order chi connectivity index (χ1) is 15.8. The second kappa shape index (κ2) is 12.8. The fourth-order valence-electron chi connectivity index (χ4n) is 3.52.